The third-order valence-electron chi connectivity index (χ3n) is 3.16. The quantitative estimate of drug-likeness (QED) is 0.852. The van der Waals surface area contributed by atoms with Gasteiger partial charge in [-0.15, -0.1) is 0 Å². The van der Waals surface area contributed by atoms with Crippen LogP contribution in [-0.2, 0) is 20.0 Å². The zero-order valence-electron chi connectivity index (χ0n) is 12.8. The minimum atomic E-state index is -0.273. The molecule has 0 aliphatic rings. The fourth-order valence-electron chi connectivity index (χ4n) is 2.03. The highest BCUT2D eigenvalue weighted by atomic mass is 19.1. The van der Waals surface area contributed by atoms with Gasteiger partial charge in [-0.05, 0) is 17.7 Å². The van der Waals surface area contributed by atoms with E-state index in [2.05, 4.69) is 24.1 Å². The van der Waals surface area contributed by atoms with Crippen LogP contribution in [0, 0.1) is 5.82 Å². The number of nitrogens with one attached hydrogen (secondary N) is 1. The van der Waals surface area contributed by atoms with Crippen LogP contribution in [0.5, 0.6) is 5.75 Å². The van der Waals surface area contributed by atoms with Gasteiger partial charge in [0.1, 0.15) is 17.4 Å². The van der Waals surface area contributed by atoms with E-state index in [1.54, 1.807) is 6.20 Å². The standard InChI is InChI=1S/C16H22FN3O/c1-12(2)19-11-13-8-14(17)10-15(9-13)21-7-4-16-18-5-6-20(16)3/h5-6,8-10,12,19H,4,7,11H2,1-3H3. The van der Waals surface area contributed by atoms with Gasteiger partial charge in [0.05, 0.1) is 6.61 Å². The molecular weight excluding hydrogens is 269 g/mol. The Morgan fingerprint density at radius 2 is 2.14 bits per heavy atom. The van der Waals surface area contributed by atoms with Gasteiger partial charge >= 0.3 is 0 Å². The number of imidazole rings is 1. The normalized spacial score (nSPS) is 11.1. The molecular formula is C16H22FN3O. The number of hydrogen-bond acceptors (Lipinski definition) is 3. The summed E-state index contributed by atoms with van der Waals surface area (Å²) >= 11 is 0. The first-order chi connectivity index (χ1) is 10.0. The van der Waals surface area contributed by atoms with Crippen molar-refractivity contribution in [2.24, 2.45) is 7.05 Å². The second kappa shape index (κ2) is 7.22. The van der Waals surface area contributed by atoms with Gasteiger partial charge in [0, 0.05) is 44.5 Å². The van der Waals surface area contributed by atoms with E-state index in [1.807, 2.05) is 23.9 Å². The Morgan fingerprint density at radius 3 is 2.81 bits per heavy atom. The molecule has 114 valence electrons. The molecule has 4 nitrogen and oxygen atoms in total. The number of benzene rings is 1. The third kappa shape index (κ3) is 4.86. The second-order valence-electron chi connectivity index (χ2n) is 5.38. The lowest BCUT2D eigenvalue weighted by Crippen LogP contribution is -2.21. The minimum absolute atomic E-state index is 0.273. The molecule has 0 saturated heterocycles. The fourth-order valence-corrected chi connectivity index (χ4v) is 2.03. The van der Waals surface area contributed by atoms with Gasteiger partial charge in [0.25, 0.3) is 0 Å². The van der Waals surface area contributed by atoms with Gasteiger partial charge in [-0.25, -0.2) is 9.37 Å². The number of halogens is 1. The molecule has 0 amide bonds. The zero-order chi connectivity index (χ0) is 15.2. The van der Waals surface area contributed by atoms with Crippen LogP contribution in [0.4, 0.5) is 4.39 Å². The number of aryl methyl sites for hydroxylation is 1. The van der Waals surface area contributed by atoms with Crippen molar-refractivity contribution in [2.45, 2.75) is 32.9 Å². The molecule has 0 saturated carbocycles. The van der Waals surface area contributed by atoms with Crippen molar-refractivity contribution in [2.75, 3.05) is 6.61 Å². The lowest BCUT2D eigenvalue weighted by Gasteiger charge is -2.11. The van der Waals surface area contributed by atoms with E-state index in [1.165, 1.54) is 12.1 Å². The Balaban J connectivity index is 1.91. The van der Waals surface area contributed by atoms with Crippen molar-refractivity contribution in [1.29, 1.82) is 0 Å². The maximum absolute atomic E-state index is 13.6. The summed E-state index contributed by atoms with van der Waals surface area (Å²) < 4.78 is 21.2. The second-order valence-corrected chi connectivity index (χ2v) is 5.38. The first-order valence-corrected chi connectivity index (χ1v) is 7.16. The smallest absolute Gasteiger partial charge is 0.127 e. The van der Waals surface area contributed by atoms with Crippen LogP contribution in [0.3, 0.4) is 0 Å². The van der Waals surface area contributed by atoms with Gasteiger partial charge < -0.3 is 14.6 Å². The first kappa shape index (κ1) is 15.5. The predicted molar refractivity (Wildman–Crippen MR) is 80.8 cm³/mol. The Hall–Kier alpha value is -1.88. The van der Waals surface area contributed by atoms with Crippen LogP contribution >= 0.6 is 0 Å². The first-order valence-electron chi connectivity index (χ1n) is 7.16. The topological polar surface area (TPSA) is 39.1 Å². The molecule has 0 radical (unpaired) electrons. The number of ether oxygens (including phenoxy) is 1. The van der Waals surface area contributed by atoms with E-state index in [0.29, 0.717) is 31.4 Å². The van der Waals surface area contributed by atoms with Gasteiger partial charge in [-0.2, -0.15) is 0 Å². The summed E-state index contributed by atoms with van der Waals surface area (Å²) in [6.07, 6.45) is 4.35. The minimum Gasteiger partial charge on any atom is -0.493 e. The molecule has 1 heterocycles. The Labute approximate surface area is 125 Å². The molecule has 21 heavy (non-hydrogen) atoms. The highest BCUT2D eigenvalue weighted by Gasteiger charge is 2.04. The summed E-state index contributed by atoms with van der Waals surface area (Å²) in [5.74, 6) is 1.24. The van der Waals surface area contributed by atoms with E-state index in [0.717, 1.165) is 11.4 Å². The van der Waals surface area contributed by atoms with Crippen LogP contribution < -0.4 is 10.1 Å². The molecule has 0 aliphatic heterocycles. The molecule has 0 fully saturated rings. The Morgan fingerprint density at radius 1 is 1.33 bits per heavy atom. The van der Waals surface area contributed by atoms with Gasteiger partial charge in [-0.1, -0.05) is 13.8 Å². The maximum Gasteiger partial charge on any atom is 0.127 e. The summed E-state index contributed by atoms with van der Waals surface area (Å²) in [4.78, 5) is 4.23. The van der Waals surface area contributed by atoms with Crippen LogP contribution in [0.2, 0.25) is 0 Å². The number of nitrogens with zero attached hydrogens (tertiary/aromatic N) is 2. The molecule has 0 atom stereocenters. The van der Waals surface area contributed by atoms with Crippen LogP contribution in [0.1, 0.15) is 25.2 Å². The van der Waals surface area contributed by atoms with Crippen molar-refractivity contribution >= 4 is 0 Å². The number of rotatable bonds is 7. The molecule has 5 heteroatoms. The molecule has 0 bridgehead atoms. The Bertz CT molecular complexity index is 581. The summed E-state index contributed by atoms with van der Waals surface area (Å²) in [5, 5.41) is 3.27. The van der Waals surface area contributed by atoms with Crippen molar-refractivity contribution in [3.8, 4) is 5.75 Å². The molecule has 2 aromatic rings. The van der Waals surface area contributed by atoms with E-state index < -0.39 is 0 Å². The lowest BCUT2D eigenvalue weighted by atomic mass is 10.2. The van der Waals surface area contributed by atoms with Crippen molar-refractivity contribution < 1.29 is 9.13 Å². The summed E-state index contributed by atoms with van der Waals surface area (Å²) in [7, 11) is 1.94. The average molecular weight is 291 g/mol. The largest absolute Gasteiger partial charge is 0.493 e. The van der Waals surface area contributed by atoms with Gasteiger partial charge in [-0.3, -0.25) is 0 Å². The van der Waals surface area contributed by atoms with E-state index in [9.17, 15) is 4.39 Å². The zero-order valence-corrected chi connectivity index (χ0v) is 12.8. The van der Waals surface area contributed by atoms with Gasteiger partial charge in [0.2, 0.25) is 0 Å². The van der Waals surface area contributed by atoms with Gasteiger partial charge in [0.15, 0.2) is 0 Å². The van der Waals surface area contributed by atoms with Crippen molar-refractivity contribution in [3.63, 3.8) is 0 Å². The van der Waals surface area contributed by atoms with Crippen molar-refractivity contribution in [3.05, 3.63) is 47.8 Å². The highest BCUT2D eigenvalue weighted by molar-refractivity contribution is 5.29. The molecule has 1 aromatic heterocycles. The van der Waals surface area contributed by atoms with E-state index in [-0.39, 0.29) is 5.82 Å². The Kier molecular flexibility index (Phi) is 5.33. The molecule has 2 rings (SSSR count). The van der Waals surface area contributed by atoms with Crippen LogP contribution in [0.15, 0.2) is 30.6 Å². The predicted octanol–water partition coefficient (Wildman–Crippen LogP) is 2.68. The van der Waals surface area contributed by atoms with Crippen LogP contribution in [-0.4, -0.2) is 22.2 Å². The SMILES string of the molecule is CC(C)NCc1cc(F)cc(OCCc2nccn2C)c1. The third-order valence-corrected chi connectivity index (χ3v) is 3.16. The number of hydrogen-bond donors (Lipinski definition) is 1. The van der Waals surface area contributed by atoms with Crippen LogP contribution in [0.25, 0.3) is 0 Å². The molecule has 0 spiro atoms. The average Bonchev–Trinajstić information content (AvgIpc) is 2.82. The molecule has 1 N–H and O–H groups in total. The summed E-state index contributed by atoms with van der Waals surface area (Å²) in [5.41, 5.74) is 0.885. The molecule has 0 unspecified atom stereocenters. The monoisotopic (exact) mass is 291 g/mol. The molecule has 1 aromatic carbocycles. The van der Waals surface area contributed by atoms with E-state index >= 15 is 0 Å². The summed E-state index contributed by atoms with van der Waals surface area (Å²) in [6.45, 7) is 5.23. The summed E-state index contributed by atoms with van der Waals surface area (Å²) in [6, 6.07) is 5.18. The number of aromatic nitrogens is 2. The molecule has 0 aliphatic carbocycles. The van der Waals surface area contributed by atoms with E-state index in [4.69, 9.17) is 4.74 Å². The highest BCUT2D eigenvalue weighted by Crippen LogP contribution is 2.17. The lowest BCUT2D eigenvalue weighted by molar-refractivity contribution is 0.315. The maximum atomic E-state index is 13.6. The fraction of sp³-hybridized carbons (Fsp3) is 0.438. The van der Waals surface area contributed by atoms with Crippen molar-refractivity contribution in [1.82, 2.24) is 14.9 Å².